The molecule has 0 saturated heterocycles. The van der Waals surface area contributed by atoms with Crippen molar-refractivity contribution in [2.24, 2.45) is 5.73 Å². The Labute approximate surface area is 103 Å². The van der Waals surface area contributed by atoms with Crippen LogP contribution in [0.2, 0.25) is 0 Å². The average Bonchev–Trinajstić information content (AvgIpc) is 3.15. The van der Waals surface area contributed by atoms with Crippen molar-refractivity contribution in [3.8, 4) is 0 Å². The fraction of sp³-hybridized carbons (Fsp3) is 0.500. The number of carbonyl (C=O) groups is 1. The number of amides is 1. The lowest BCUT2D eigenvalue weighted by Crippen LogP contribution is -2.32. The molecule has 2 rings (SSSR count). The number of rotatable bonds is 5. The van der Waals surface area contributed by atoms with Crippen LogP contribution >= 0.6 is 0 Å². The van der Waals surface area contributed by atoms with Crippen LogP contribution in [0.15, 0.2) is 24.3 Å². The van der Waals surface area contributed by atoms with Crippen molar-refractivity contribution in [1.82, 2.24) is 4.90 Å². The van der Waals surface area contributed by atoms with Gasteiger partial charge < -0.3 is 10.6 Å². The van der Waals surface area contributed by atoms with E-state index in [1.54, 1.807) is 0 Å². The Kier molecular flexibility index (Phi) is 3.79. The van der Waals surface area contributed by atoms with Gasteiger partial charge in [0.2, 0.25) is 0 Å². The van der Waals surface area contributed by atoms with E-state index in [4.69, 9.17) is 5.73 Å². The van der Waals surface area contributed by atoms with Crippen molar-refractivity contribution in [3.05, 3.63) is 35.4 Å². The van der Waals surface area contributed by atoms with Crippen LogP contribution in [0.5, 0.6) is 0 Å². The molecule has 0 heterocycles. The molecule has 1 saturated carbocycles. The largest absolute Gasteiger partial charge is 0.336 e. The van der Waals surface area contributed by atoms with Gasteiger partial charge in [-0.25, -0.2) is 0 Å². The van der Waals surface area contributed by atoms with E-state index in [0.29, 0.717) is 12.6 Å². The zero-order valence-corrected chi connectivity index (χ0v) is 10.4. The summed E-state index contributed by atoms with van der Waals surface area (Å²) in [4.78, 5) is 14.3. The van der Waals surface area contributed by atoms with Crippen LogP contribution in [-0.4, -0.2) is 29.9 Å². The van der Waals surface area contributed by atoms with Crippen molar-refractivity contribution < 1.29 is 4.79 Å². The van der Waals surface area contributed by atoms with Crippen molar-refractivity contribution >= 4 is 5.91 Å². The third kappa shape index (κ3) is 2.86. The monoisotopic (exact) mass is 232 g/mol. The average molecular weight is 232 g/mol. The van der Waals surface area contributed by atoms with Crippen LogP contribution in [0.25, 0.3) is 0 Å². The molecular formula is C14H20N2O. The maximum atomic E-state index is 12.3. The summed E-state index contributed by atoms with van der Waals surface area (Å²) in [5, 5.41) is 0. The first-order valence-electron chi connectivity index (χ1n) is 6.36. The Bertz CT molecular complexity index is 399. The van der Waals surface area contributed by atoms with Crippen LogP contribution < -0.4 is 5.73 Å². The predicted octanol–water partition coefficient (Wildman–Crippen LogP) is 1.81. The van der Waals surface area contributed by atoms with Gasteiger partial charge in [-0.1, -0.05) is 12.1 Å². The Hall–Kier alpha value is -1.35. The summed E-state index contributed by atoms with van der Waals surface area (Å²) < 4.78 is 0. The topological polar surface area (TPSA) is 46.3 Å². The van der Waals surface area contributed by atoms with E-state index in [0.717, 1.165) is 36.9 Å². The molecule has 3 heteroatoms. The lowest BCUT2D eigenvalue weighted by Gasteiger charge is -2.20. The highest BCUT2D eigenvalue weighted by molar-refractivity contribution is 5.94. The molecule has 0 bridgehead atoms. The minimum Gasteiger partial charge on any atom is -0.336 e. The van der Waals surface area contributed by atoms with Crippen molar-refractivity contribution in [2.75, 3.05) is 13.1 Å². The van der Waals surface area contributed by atoms with Gasteiger partial charge in [-0.05, 0) is 50.4 Å². The maximum Gasteiger partial charge on any atom is 0.254 e. The Balaban J connectivity index is 2.14. The summed E-state index contributed by atoms with van der Waals surface area (Å²) in [7, 11) is 0. The van der Waals surface area contributed by atoms with Gasteiger partial charge in [-0.15, -0.1) is 0 Å². The van der Waals surface area contributed by atoms with Crippen LogP contribution in [0, 0.1) is 0 Å². The molecule has 1 aliphatic carbocycles. The van der Waals surface area contributed by atoms with Gasteiger partial charge in [-0.2, -0.15) is 0 Å². The molecule has 0 spiro atoms. The van der Waals surface area contributed by atoms with E-state index in [1.807, 2.05) is 36.1 Å². The quantitative estimate of drug-likeness (QED) is 0.841. The molecule has 1 aromatic carbocycles. The van der Waals surface area contributed by atoms with E-state index in [9.17, 15) is 4.79 Å². The van der Waals surface area contributed by atoms with Crippen LogP contribution in [-0.2, 0) is 6.42 Å². The molecule has 1 aliphatic rings. The zero-order valence-electron chi connectivity index (χ0n) is 10.4. The van der Waals surface area contributed by atoms with E-state index in [-0.39, 0.29) is 5.91 Å². The lowest BCUT2D eigenvalue weighted by atomic mass is 10.1. The number of carbonyl (C=O) groups excluding carboxylic acids is 1. The Morgan fingerprint density at radius 1 is 1.47 bits per heavy atom. The molecule has 0 radical (unpaired) electrons. The first-order chi connectivity index (χ1) is 8.26. The second kappa shape index (κ2) is 5.32. The van der Waals surface area contributed by atoms with Crippen LogP contribution in [0.4, 0.5) is 0 Å². The molecule has 0 atom stereocenters. The fourth-order valence-corrected chi connectivity index (χ4v) is 2.15. The normalized spacial score (nSPS) is 14.7. The molecular weight excluding hydrogens is 212 g/mol. The van der Waals surface area contributed by atoms with Crippen LogP contribution in [0.1, 0.15) is 35.7 Å². The molecule has 1 amide bonds. The maximum absolute atomic E-state index is 12.3. The third-order valence-corrected chi connectivity index (χ3v) is 3.20. The van der Waals surface area contributed by atoms with Gasteiger partial charge >= 0.3 is 0 Å². The Morgan fingerprint density at radius 3 is 2.82 bits per heavy atom. The summed E-state index contributed by atoms with van der Waals surface area (Å²) in [6.07, 6.45) is 3.14. The minimum atomic E-state index is 0.161. The lowest BCUT2D eigenvalue weighted by molar-refractivity contribution is 0.0752. The molecule has 0 aliphatic heterocycles. The van der Waals surface area contributed by atoms with Gasteiger partial charge in [0.25, 0.3) is 5.91 Å². The second-order valence-electron chi connectivity index (χ2n) is 4.56. The van der Waals surface area contributed by atoms with Gasteiger partial charge in [-0.3, -0.25) is 4.79 Å². The van der Waals surface area contributed by atoms with Gasteiger partial charge in [0.1, 0.15) is 0 Å². The smallest absolute Gasteiger partial charge is 0.254 e. The van der Waals surface area contributed by atoms with Gasteiger partial charge in [0.15, 0.2) is 0 Å². The molecule has 2 N–H and O–H groups in total. The fourth-order valence-electron chi connectivity index (χ4n) is 2.15. The second-order valence-corrected chi connectivity index (χ2v) is 4.56. The summed E-state index contributed by atoms with van der Waals surface area (Å²) in [6.45, 7) is 3.46. The number of benzene rings is 1. The third-order valence-electron chi connectivity index (χ3n) is 3.20. The number of hydrogen-bond acceptors (Lipinski definition) is 2. The molecule has 0 aromatic heterocycles. The number of hydrogen-bond donors (Lipinski definition) is 1. The molecule has 1 fully saturated rings. The first-order valence-corrected chi connectivity index (χ1v) is 6.36. The Morgan fingerprint density at radius 2 is 2.24 bits per heavy atom. The number of nitrogens with two attached hydrogens (primary N) is 1. The molecule has 3 nitrogen and oxygen atoms in total. The highest BCUT2D eigenvalue weighted by Crippen LogP contribution is 2.28. The first kappa shape index (κ1) is 12.1. The van der Waals surface area contributed by atoms with E-state index >= 15 is 0 Å². The summed E-state index contributed by atoms with van der Waals surface area (Å²) in [5.74, 6) is 0.161. The van der Waals surface area contributed by atoms with E-state index < -0.39 is 0 Å². The van der Waals surface area contributed by atoms with E-state index in [1.165, 1.54) is 0 Å². The molecule has 92 valence electrons. The molecule has 0 unspecified atom stereocenters. The minimum absolute atomic E-state index is 0.161. The zero-order chi connectivity index (χ0) is 12.3. The highest BCUT2D eigenvalue weighted by atomic mass is 16.2. The van der Waals surface area contributed by atoms with Crippen molar-refractivity contribution in [2.45, 2.75) is 32.2 Å². The molecule has 17 heavy (non-hydrogen) atoms. The van der Waals surface area contributed by atoms with Gasteiger partial charge in [0.05, 0.1) is 0 Å². The standard InChI is InChI=1S/C14H20N2O/c1-2-16(13-6-7-13)14(17)12-5-3-4-11(10-12)8-9-15/h3-5,10,13H,2,6-9,15H2,1H3. The summed E-state index contributed by atoms with van der Waals surface area (Å²) in [6, 6.07) is 8.31. The van der Waals surface area contributed by atoms with E-state index in [2.05, 4.69) is 0 Å². The number of nitrogens with zero attached hydrogens (tertiary/aromatic N) is 1. The highest BCUT2D eigenvalue weighted by Gasteiger charge is 2.31. The predicted molar refractivity (Wildman–Crippen MR) is 68.9 cm³/mol. The van der Waals surface area contributed by atoms with Gasteiger partial charge in [0, 0.05) is 18.2 Å². The SMILES string of the molecule is CCN(C(=O)c1cccc(CCN)c1)C1CC1. The van der Waals surface area contributed by atoms with Crippen LogP contribution in [0.3, 0.4) is 0 Å². The van der Waals surface area contributed by atoms with Crippen molar-refractivity contribution in [3.63, 3.8) is 0 Å². The summed E-state index contributed by atoms with van der Waals surface area (Å²) >= 11 is 0. The molecule has 1 aromatic rings. The summed E-state index contributed by atoms with van der Waals surface area (Å²) in [5.41, 5.74) is 7.48. The van der Waals surface area contributed by atoms with Crippen molar-refractivity contribution in [1.29, 1.82) is 0 Å².